The minimum absolute atomic E-state index is 0.579. The molecular formula is C17H28N2. The molecule has 2 heteroatoms. The number of nitrogens with one attached hydrogen (secondary N) is 1. The third-order valence-electron chi connectivity index (χ3n) is 4.09. The summed E-state index contributed by atoms with van der Waals surface area (Å²) in [5.41, 5.74) is 1.43. The molecule has 1 aliphatic rings. The van der Waals surface area contributed by atoms with Crippen molar-refractivity contribution in [1.82, 2.24) is 10.2 Å². The van der Waals surface area contributed by atoms with Crippen molar-refractivity contribution in [2.75, 3.05) is 13.1 Å². The van der Waals surface area contributed by atoms with E-state index in [-0.39, 0.29) is 0 Å². The second-order valence-electron chi connectivity index (χ2n) is 6.48. The molecule has 2 nitrogen and oxygen atoms in total. The molecule has 0 aromatic heterocycles. The maximum Gasteiger partial charge on any atom is 0.0233 e. The Morgan fingerprint density at radius 2 is 1.68 bits per heavy atom. The summed E-state index contributed by atoms with van der Waals surface area (Å²) in [6.45, 7) is 12.7. The molecule has 1 saturated heterocycles. The van der Waals surface area contributed by atoms with Gasteiger partial charge in [0, 0.05) is 31.7 Å². The molecule has 0 bridgehead atoms. The van der Waals surface area contributed by atoms with Crippen molar-refractivity contribution >= 4 is 0 Å². The van der Waals surface area contributed by atoms with E-state index in [1.54, 1.807) is 0 Å². The standard InChI is InChI=1S/C17H28N2/c1-13(2)18-17-14(3)10-19(11-15(17)4)12-16-8-6-5-7-9-16/h5-9,13-15,17-18H,10-12H2,1-4H3/t14-,15+,17?. The molecule has 0 aliphatic carbocycles. The highest BCUT2D eigenvalue weighted by Crippen LogP contribution is 2.23. The van der Waals surface area contributed by atoms with Crippen molar-refractivity contribution in [3.63, 3.8) is 0 Å². The molecule has 1 aliphatic heterocycles. The van der Waals surface area contributed by atoms with Crippen LogP contribution in [0.1, 0.15) is 33.3 Å². The number of nitrogens with zero attached hydrogens (tertiary/aromatic N) is 1. The smallest absolute Gasteiger partial charge is 0.0233 e. The lowest BCUT2D eigenvalue weighted by molar-refractivity contribution is 0.0907. The highest BCUT2D eigenvalue weighted by Gasteiger charge is 2.31. The molecule has 106 valence electrons. The summed E-state index contributed by atoms with van der Waals surface area (Å²) in [5, 5.41) is 3.74. The number of likely N-dealkylation sites (tertiary alicyclic amines) is 1. The maximum atomic E-state index is 3.74. The lowest BCUT2D eigenvalue weighted by Crippen LogP contribution is -2.54. The third kappa shape index (κ3) is 4.05. The zero-order valence-electron chi connectivity index (χ0n) is 12.8. The molecule has 2 rings (SSSR count). The van der Waals surface area contributed by atoms with E-state index >= 15 is 0 Å². The summed E-state index contributed by atoms with van der Waals surface area (Å²) in [7, 11) is 0. The Bertz CT molecular complexity index is 362. The molecule has 1 heterocycles. The number of rotatable bonds is 4. The van der Waals surface area contributed by atoms with Crippen LogP contribution in [0.25, 0.3) is 0 Å². The van der Waals surface area contributed by atoms with Gasteiger partial charge in [0.25, 0.3) is 0 Å². The van der Waals surface area contributed by atoms with Gasteiger partial charge in [0.2, 0.25) is 0 Å². The van der Waals surface area contributed by atoms with E-state index in [2.05, 4.69) is 68.2 Å². The van der Waals surface area contributed by atoms with Crippen LogP contribution >= 0.6 is 0 Å². The Labute approximate surface area is 118 Å². The Morgan fingerprint density at radius 1 is 1.11 bits per heavy atom. The maximum absolute atomic E-state index is 3.74. The largest absolute Gasteiger partial charge is 0.311 e. The predicted molar refractivity (Wildman–Crippen MR) is 82.1 cm³/mol. The topological polar surface area (TPSA) is 15.3 Å². The fourth-order valence-electron chi connectivity index (χ4n) is 3.36. The summed E-state index contributed by atoms with van der Waals surface area (Å²) < 4.78 is 0. The highest BCUT2D eigenvalue weighted by atomic mass is 15.2. The van der Waals surface area contributed by atoms with Gasteiger partial charge in [-0.3, -0.25) is 4.90 Å². The van der Waals surface area contributed by atoms with E-state index in [1.165, 1.54) is 18.7 Å². The van der Waals surface area contributed by atoms with Gasteiger partial charge in [0.05, 0.1) is 0 Å². The quantitative estimate of drug-likeness (QED) is 0.894. The number of piperidine rings is 1. The lowest BCUT2D eigenvalue weighted by atomic mass is 9.85. The summed E-state index contributed by atoms with van der Waals surface area (Å²) in [6, 6.07) is 12.1. The molecule has 0 spiro atoms. The Kier molecular flexibility index (Phi) is 5.00. The van der Waals surface area contributed by atoms with Crippen molar-refractivity contribution in [3.05, 3.63) is 35.9 Å². The number of benzene rings is 1. The minimum Gasteiger partial charge on any atom is -0.311 e. The fraction of sp³-hybridized carbons (Fsp3) is 0.647. The molecule has 0 saturated carbocycles. The van der Waals surface area contributed by atoms with Crippen molar-refractivity contribution in [2.45, 2.75) is 46.3 Å². The van der Waals surface area contributed by atoms with Gasteiger partial charge in [-0.1, -0.05) is 58.0 Å². The van der Waals surface area contributed by atoms with E-state index < -0.39 is 0 Å². The average Bonchev–Trinajstić information content (AvgIpc) is 2.35. The first-order valence-electron chi connectivity index (χ1n) is 7.58. The van der Waals surface area contributed by atoms with Gasteiger partial charge in [-0.25, -0.2) is 0 Å². The van der Waals surface area contributed by atoms with Crippen LogP contribution in [-0.4, -0.2) is 30.1 Å². The van der Waals surface area contributed by atoms with Crippen molar-refractivity contribution in [1.29, 1.82) is 0 Å². The third-order valence-corrected chi connectivity index (χ3v) is 4.09. The monoisotopic (exact) mass is 260 g/mol. The van der Waals surface area contributed by atoms with Crippen molar-refractivity contribution < 1.29 is 0 Å². The van der Waals surface area contributed by atoms with E-state index in [0.717, 1.165) is 18.4 Å². The lowest BCUT2D eigenvalue weighted by Gasteiger charge is -2.42. The molecule has 19 heavy (non-hydrogen) atoms. The molecule has 1 fully saturated rings. The molecule has 3 atom stereocenters. The fourth-order valence-corrected chi connectivity index (χ4v) is 3.36. The van der Waals surface area contributed by atoms with Crippen LogP contribution in [0.4, 0.5) is 0 Å². The van der Waals surface area contributed by atoms with Crippen LogP contribution in [0.5, 0.6) is 0 Å². The zero-order valence-corrected chi connectivity index (χ0v) is 12.8. The van der Waals surface area contributed by atoms with Gasteiger partial charge >= 0.3 is 0 Å². The summed E-state index contributed by atoms with van der Waals surface area (Å²) in [4.78, 5) is 2.60. The molecule has 1 N–H and O–H groups in total. The van der Waals surface area contributed by atoms with E-state index in [0.29, 0.717) is 12.1 Å². The van der Waals surface area contributed by atoms with Crippen LogP contribution in [0.3, 0.4) is 0 Å². The minimum atomic E-state index is 0.579. The molecule has 1 unspecified atom stereocenters. The van der Waals surface area contributed by atoms with Crippen molar-refractivity contribution in [3.8, 4) is 0 Å². The molecule has 1 aromatic carbocycles. The van der Waals surface area contributed by atoms with E-state index in [4.69, 9.17) is 0 Å². The van der Waals surface area contributed by atoms with Gasteiger partial charge in [0.15, 0.2) is 0 Å². The first-order valence-corrected chi connectivity index (χ1v) is 7.58. The first-order chi connectivity index (χ1) is 9.06. The van der Waals surface area contributed by atoms with Crippen LogP contribution in [0, 0.1) is 11.8 Å². The Balaban J connectivity index is 1.93. The van der Waals surface area contributed by atoms with Crippen LogP contribution in [-0.2, 0) is 6.54 Å². The highest BCUT2D eigenvalue weighted by molar-refractivity contribution is 5.14. The Hall–Kier alpha value is -0.860. The summed E-state index contributed by atoms with van der Waals surface area (Å²) >= 11 is 0. The number of hydrogen-bond donors (Lipinski definition) is 1. The predicted octanol–water partition coefficient (Wildman–Crippen LogP) is 3.14. The van der Waals surface area contributed by atoms with Crippen LogP contribution in [0.15, 0.2) is 30.3 Å². The van der Waals surface area contributed by atoms with Crippen LogP contribution < -0.4 is 5.32 Å². The van der Waals surface area contributed by atoms with Gasteiger partial charge < -0.3 is 5.32 Å². The molecule has 0 amide bonds. The second kappa shape index (κ2) is 6.53. The summed E-state index contributed by atoms with van der Waals surface area (Å²) in [5.74, 6) is 1.43. The van der Waals surface area contributed by atoms with Crippen molar-refractivity contribution in [2.24, 2.45) is 11.8 Å². The Morgan fingerprint density at radius 3 is 2.21 bits per heavy atom. The zero-order chi connectivity index (χ0) is 13.8. The average molecular weight is 260 g/mol. The summed E-state index contributed by atoms with van der Waals surface area (Å²) in [6.07, 6.45) is 0. The van der Waals surface area contributed by atoms with E-state index in [1.807, 2.05) is 0 Å². The van der Waals surface area contributed by atoms with E-state index in [9.17, 15) is 0 Å². The normalized spacial score (nSPS) is 28.8. The van der Waals surface area contributed by atoms with Gasteiger partial charge in [0.1, 0.15) is 0 Å². The second-order valence-corrected chi connectivity index (χ2v) is 6.48. The SMILES string of the molecule is CC(C)NC1[C@H](C)CN(Cc2ccccc2)C[C@@H]1C. The number of hydrogen-bond acceptors (Lipinski definition) is 2. The molecule has 0 radical (unpaired) electrons. The molecule has 1 aromatic rings. The van der Waals surface area contributed by atoms with Gasteiger partial charge in [-0.2, -0.15) is 0 Å². The first kappa shape index (κ1) is 14.5. The van der Waals surface area contributed by atoms with Gasteiger partial charge in [-0.05, 0) is 17.4 Å². The molecular weight excluding hydrogens is 232 g/mol. The van der Waals surface area contributed by atoms with Crippen LogP contribution in [0.2, 0.25) is 0 Å². The van der Waals surface area contributed by atoms with Gasteiger partial charge in [-0.15, -0.1) is 0 Å².